The lowest BCUT2D eigenvalue weighted by molar-refractivity contribution is 0.144. The van der Waals surface area contributed by atoms with E-state index in [4.69, 9.17) is 19.6 Å². The summed E-state index contributed by atoms with van der Waals surface area (Å²) in [5.74, 6) is 0. The van der Waals surface area contributed by atoms with Crippen LogP contribution in [0.4, 0.5) is 4.79 Å². The van der Waals surface area contributed by atoms with E-state index in [2.05, 4.69) is 4.74 Å². The van der Waals surface area contributed by atoms with E-state index in [0.717, 1.165) is 0 Å². The minimum absolute atomic E-state index is 0.0269. The molecular formula is C5H13NO8P2. The van der Waals surface area contributed by atoms with E-state index in [1.54, 1.807) is 6.92 Å². The molecule has 0 fully saturated rings. The number of amides is 1. The van der Waals surface area contributed by atoms with E-state index in [-0.39, 0.29) is 6.61 Å². The summed E-state index contributed by atoms with van der Waals surface area (Å²) in [7, 11) is -10.3. The Morgan fingerprint density at radius 3 is 2.00 bits per heavy atom. The molecule has 0 rings (SSSR count). The van der Waals surface area contributed by atoms with Crippen LogP contribution in [0.15, 0.2) is 0 Å². The second kappa shape index (κ2) is 5.77. The first-order valence-electron chi connectivity index (χ1n) is 4.12. The highest BCUT2D eigenvalue weighted by Crippen LogP contribution is 2.58. The Labute approximate surface area is 91.1 Å². The first-order chi connectivity index (χ1) is 7.09. The summed E-state index contributed by atoms with van der Waals surface area (Å²) in [5, 5.41) is 1.44. The fourth-order valence-corrected chi connectivity index (χ4v) is 2.82. The summed E-state index contributed by atoms with van der Waals surface area (Å²) in [6.07, 6.45) is -0.831. The maximum absolute atomic E-state index is 10.9. The van der Waals surface area contributed by atoms with E-state index >= 15 is 0 Å². The fourth-order valence-electron chi connectivity index (χ4n) is 0.706. The molecule has 0 radical (unpaired) electrons. The average molecular weight is 277 g/mol. The SMILES string of the molecule is CCCOC(=O)NC(P(=O)(O)O)P(=O)(O)O. The summed E-state index contributed by atoms with van der Waals surface area (Å²) >= 11 is 0. The molecule has 0 aliphatic rings. The summed E-state index contributed by atoms with van der Waals surface area (Å²) in [5.41, 5.74) is -2.58. The van der Waals surface area contributed by atoms with Crippen LogP contribution in [-0.2, 0) is 13.9 Å². The molecule has 9 nitrogen and oxygen atoms in total. The number of hydrogen-bond acceptors (Lipinski definition) is 4. The second-order valence-corrected chi connectivity index (χ2v) is 6.63. The van der Waals surface area contributed by atoms with Gasteiger partial charge in [0.15, 0.2) is 0 Å². The minimum atomic E-state index is -5.16. The molecule has 0 aliphatic carbocycles. The van der Waals surface area contributed by atoms with Crippen LogP contribution in [0.1, 0.15) is 13.3 Å². The average Bonchev–Trinajstić information content (AvgIpc) is 2.07. The van der Waals surface area contributed by atoms with Crippen molar-refractivity contribution in [2.45, 2.75) is 18.9 Å². The Morgan fingerprint density at radius 1 is 1.25 bits per heavy atom. The van der Waals surface area contributed by atoms with Crippen LogP contribution in [-0.4, -0.2) is 37.8 Å². The van der Waals surface area contributed by atoms with Gasteiger partial charge in [0.2, 0.25) is 5.52 Å². The molecule has 0 heterocycles. The molecule has 0 atom stereocenters. The highest BCUT2D eigenvalue weighted by Gasteiger charge is 2.44. The quantitative estimate of drug-likeness (QED) is 0.431. The molecule has 0 aromatic heterocycles. The molecule has 96 valence electrons. The first kappa shape index (κ1) is 15.6. The lowest BCUT2D eigenvalue weighted by Gasteiger charge is -2.20. The molecule has 1 amide bonds. The normalized spacial score (nSPS) is 12.6. The van der Waals surface area contributed by atoms with Crippen molar-refractivity contribution >= 4 is 21.3 Å². The topological polar surface area (TPSA) is 153 Å². The molecule has 5 N–H and O–H groups in total. The lowest BCUT2D eigenvalue weighted by atomic mass is 10.5. The molecule has 0 spiro atoms. The lowest BCUT2D eigenvalue weighted by Crippen LogP contribution is -2.35. The maximum atomic E-state index is 10.9. The van der Waals surface area contributed by atoms with Gasteiger partial charge in [-0.25, -0.2) is 4.79 Å². The van der Waals surface area contributed by atoms with Crippen LogP contribution in [0.3, 0.4) is 0 Å². The van der Waals surface area contributed by atoms with E-state index in [0.29, 0.717) is 6.42 Å². The minimum Gasteiger partial charge on any atom is -0.450 e. The van der Waals surface area contributed by atoms with Gasteiger partial charge >= 0.3 is 21.3 Å². The van der Waals surface area contributed by atoms with Crippen molar-refractivity contribution in [2.24, 2.45) is 0 Å². The van der Waals surface area contributed by atoms with E-state index < -0.39 is 26.8 Å². The molecule has 0 saturated carbocycles. The zero-order valence-electron chi connectivity index (χ0n) is 8.31. The van der Waals surface area contributed by atoms with Crippen molar-refractivity contribution in [3.8, 4) is 0 Å². The van der Waals surface area contributed by atoms with Gasteiger partial charge in [-0.15, -0.1) is 0 Å². The zero-order chi connectivity index (χ0) is 13.0. The van der Waals surface area contributed by atoms with Crippen molar-refractivity contribution in [3.63, 3.8) is 0 Å². The number of nitrogens with one attached hydrogen (secondary N) is 1. The van der Waals surface area contributed by atoms with E-state index in [1.807, 2.05) is 0 Å². The van der Waals surface area contributed by atoms with Gasteiger partial charge < -0.3 is 24.3 Å². The Hall–Kier alpha value is -0.430. The van der Waals surface area contributed by atoms with Crippen molar-refractivity contribution in [1.29, 1.82) is 0 Å². The predicted octanol–water partition coefficient (Wildman–Crippen LogP) is -0.238. The Morgan fingerprint density at radius 2 is 1.69 bits per heavy atom. The third kappa shape index (κ3) is 5.60. The molecule has 0 saturated heterocycles. The highest BCUT2D eigenvalue weighted by atomic mass is 31.2. The van der Waals surface area contributed by atoms with Crippen LogP contribution >= 0.6 is 15.2 Å². The maximum Gasteiger partial charge on any atom is 0.408 e. The monoisotopic (exact) mass is 277 g/mol. The summed E-state index contributed by atoms with van der Waals surface area (Å²) in [6.45, 7) is 1.65. The molecule has 16 heavy (non-hydrogen) atoms. The third-order valence-electron chi connectivity index (χ3n) is 1.32. The van der Waals surface area contributed by atoms with E-state index in [1.165, 1.54) is 5.32 Å². The highest BCUT2D eigenvalue weighted by molar-refractivity contribution is 7.70. The van der Waals surface area contributed by atoms with Crippen LogP contribution in [0, 0.1) is 0 Å². The van der Waals surface area contributed by atoms with Crippen molar-refractivity contribution in [3.05, 3.63) is 0 Å². The number of hydrogen-bond donors (Lipinski definition) is 5. The number of carbonyl (C=O) groups excluding carboxylic acids is 1. The van der Waals surface area contributed by atoms with Gasteiger partial charge in [-0.3, -0.25) is 14.4 Å². The Bertz CT molecular complexity index is 309. The second-order valence-electron chi connectivity index (χ2n) is 2.83. The van der Waals surface area contributed by atoms with Gasteiger partial charge in [-0.2, -0.15) is 0 Å². The predicted molar refractivity (Wildman–Crippen MR) is 52.7 cm³/mol. The number of ether oxygens (including phenoxy) is 1. The van der Waals surface area contributed by atoms with Crippen LogP contribution < -0.4 is 5.32 Å². The van der Waals surface area contributed by atoms with Gasteiger partial charge in [-0.05, 0) is 6.42 Å². The first-order valence-corrected chi connectivity index (χ1v) is 7.49. The van der Waals surface area contributed by atoms with Crippen LogP contribution in [0.5, 0.6) is 0 Å². The summed E-state index contributed by atoms with van der Waals surface area (Å²) < 4.78 is 25.8. The fraction of sp³-hybridized carbons (Fsp3) is 0.800. The standard InChI is InChI=1S/C5H13NO8P2/c1-2-3-14-4(7)6-5(15(8,9)10)16(11,12)13/h5H,2-3H2,1H3,(H,6,7)(H2,8,9,10)(H2,11,12,13). The number of rotatable bonds is 5. The largest absolute Gasteiger partial charge is 0.450 e. The Kier molecular flexibility index (Phi) is 5.61. The molecule has 11 heteroatoms. The molecule has 0 aromatic carbocycles. The summed E-state index contributed by atoms with van der Waals surface area (Å²) in [4.78, 5) is 45.4. The smallest absolute Gasteiger partial charge is 0.408 e. The molecule has 0 bridgehead atoms. The molecular weight excluding hydrogens is 264 g/mol. The third-order valence-corrected chi connectivity index (χ3v) is 4.66. The Balaban J connectivity index is 4.66. The van der Waals surface area contributed by atoms with E-state index in [9.17, 15) is 13.9 Å². The van der Waals surface area contributed by atoms with Crippen molar-refractivity contribution < 1.29 is 38.2 Å². The van der Waals surface area contributed by atoms with Gasteiger partial charge in [0.1, 0.15) is 0 Å². The van der Waals surface area contributed by atoms with Gasteiger partial charge in [0.05, 0.1) is 6.61 Å². The van der Waals surface area contributed by atoms with Gasteiger partial charge in [-0.1, -0.05) is 6.92 Å². The van der Waals surface area contributed by atoms with Gasteiger partial charge in [0, 0.05) is 0 Å². The molecule has 0 aromatic rings. The number of alkyl carbamates (subject to hydrolysis) is 1. The van der Waals surface area contributed by atoms with Crippen LogP contribution in [0.2, 0.25) is 0 Å². The van der Waals surface area contributed by atoms with Crippen LogP contribution in [0.25, 0.3) is 0 Å². The van der Waals surface area contributed by atoms with Crippen molar-refractivity contribution in [1.82, 2.24) is 5.32 Å². The summed E-state index contributed by atoms with van der Waals surface area (Å²) in [6, 6.07) is 0. The molecule has 0 aliphatic heterocycles. The number of carbonyl (C=O) groups is 1. The zero-order valence-corrected chi connectivity index (χ0v) is 10.1. The van der Waals surface area contributed by atoms with Gasteiger partial charge in [0.25, 0.3) is 0 Å². The molecule has 0 unspecified atom stereocenters. The van der Waals surface area contributed by atoms with Crippen molar-refractivity contribution in [2.75, 3.05) is 6.61 Å².